The maximum Gasteiger partial charge on any atom is 0.121 e. The first-order valence-corrected chi connectivity index (χ1v) is 5.71. The zero-order valence-corrected chi connectivity index (χ0v) is 10.3. The molecule has 0 saturated carbocycles. The minimum absolute atomic E-state index is 0.197. The van der Waals surface area contributed by atoms with E-state index in [2.05, 4.69) is 24.4 Å². The van der Waals surface area contributed by atoms with Gasteiger partial charge in [0.05, 0.1) is 7.11 Å². The molecule has 0 aliphatic carbocycles. The number of benzene rings is 1. The van der Waals surface area contributed by atoms with E-state index in [1.54, 1.807) is 7.11 Å². The van der Waals surface area contributed by atoms with Crippen LogP contribution in [0.2, 0.25) is 0 Å². The van der Waals surface area contributed by atoms with E-state index >= 15 is 0 Å². The third-order valence-corrected chi connectivity index (χ3v) is 2.69. The second-order valence-electron chi connectivity index (χ2n) is 3.85. The highest BCUT2D eigenvalue weighted by Gasteiger charge is 2.10. The van der Waals surface area contributed by atoms with E-state index in [-0.39, 0.29) is 12.6 Å². The van der Waals surface area contributed by atoms with Gasteiger partial charge in [-0.1, -0.05) is 19.1 Å². The quantitative estimate of drug-likeness (QED) is 0.775. The molecule has 0 saturated heterocycles. The summed E-state index contributed by atoms with van der Waals surface area (Å²) in [6.45, 7) is 5.20. The SMILES string of the molecule is CCNC(CCO)c1ccc(OC)c(C)c1. The molecule has 0 aliphatic heterocycles. The van der Waals surface area contributed by atoms with Gasteiger partial charge in [0, 0.05) is 12.6 Å². The average Bonchev–Trinajstić information content (AvgIpc) is 2.28. The first-order valence-electron chi connectivity index (χ1n) is 5.71. The summed E-state index contributed by atoms with van der Waals surface area (Å²) in [7, 11) is 1.68. The molecular weight excluding hydrogens is 202 g/mol. The Labute approximate surface area is 97.4 Å². The molecule has 0 bridgehead atoms. The fourth-order valence-electron chi connectivity index (χ4n) is 1.88. The molecule has 1 rings (SSSR count). The van der Waals surface area contributed by atoms with Crippen LogP contribution in [0, 0.1) is 6.92 Å². The molecule has 2 N–H and O–H groups in total. The van der Waals surface area contributed by atoms with Gasteiger partial charge < -0.3 is 15.2 Å². The smallest absolute Gasteiger partial charge is 0.121 e. The molecule has 90 valence electrons. The summed E-state index contributed by atoms with van der Waals surface area (Å²) in [5, 5.41) is 12.4. The van der Waals surface area contributed by atoms with Crippen molar-refractivity contribution in [3.8, 4) is 5.75 Å². The molecule has 0 fully saturated rings. The number of hydrogen-bond donors (Lipinski definition) is 2. The monoisotopic (exact) mass is 223 g/mol. The number of aryl methyl sites for hydroxylation is 1. The molecule has 0 aliphatic rings. The Morgan fingerprint density at radius 1 is 1.44 bits per heavy atom. The van der Waals surface area contributed by atoms with Crippen molar-refractivity contribution < 1.29 is 9.84 Å². The highest BCUT2D eigenvalue weighted by atomic mass is 16.5. The van der Waals surface area contributed by atoms with E-state index in [1.165, 1.54) is 5.56 Å². The van der Waals surface area contributed by atoms with E-state index in [1.807, 2.05) is 13.0 Å². The topological polar surface area (TPSA) is 41.5 Å². The summed E-state index contributed by atoms with van der Waals surface area (Å²) in [4.78, 5) is 0. The Hall–Kier alpha value is -1.06. The van der Waals surface area contributed by atoms with Gasteiger partial charge in [0.25, 0.3) is 0 Å². The molecule has 1 aromatic rings. The first-order chi connectivity index (χ1) is 7.72. The summed E-state index contributed by atoms with van der Waals surface area (Å²) in [6.07, 6.45) is 0.736. The van der Waals surface area contributed by atoms with Crippen molar-refractivity contribution in [2.75, 3.05) is 20.3 Å². The van der Waals surface area contributed by atoms with Crippen molar-refractivity contribution >= 4 is 0 Å². The Morgan fingerprint density at radius 2 is 2.19 bits per heavy atom. The van der Waals surface area contributed by atoms with Gasteiger partial charge in [-0.25, -0.2) is 0 Å². The minimum Gasteiger partial charge on any atom is -0.496 e. The molecule has 3 nitrogen and oxygen atoms in total. The minimum atomic E-state index is 0.197. The van der Waals surface area contributed by atoms with Crippen molar-refractivity contribution in [1.82, 2.24) is 5.32 Å². The third kappa shape index (κ3) is 3.22. The average molecular weight is 223 g/mol. The second kappa shape index (κ2) is 6.51. The van der Waals surface area contributed by atoms with Crippen molar-refractivity contribution in [3.05, 3.63) is 29.3 Å². The van der Waals surface area contributed by atoms with Crippen molar-refractivity contribution in [3.63, 3.8) is 0 Å². The fraction of sp³-hybridized carbons (Fsp3) is 0.538. The van der Waals surface area contributed by atoms with Crippen LogP contribution in [0.5, 0.6) is 5.75 Å². The van der Waals surface area contributed by atoms with Gasteiger partial charge in [-0.05, 0) is 37.1 Å². The summed E-state index contributed by atoms with van der Waals surface area (Å²) in [5.74, 6) is 0.906. The van der Waals surface area contributed by atoms with Crippen LogP contribution in [-0.2, 0) is 0 Å². The van der Waals surface area contributed by atoms with Crippen LogP contribution in [-0.4, -0.2) is 25.4 Å². The standard InChI is InChI=1S/C13H21NO2/c1-4-14-12(7-8-15)11-5-6-13(16-3)10(2)9-11/h5-6,9,12,14-15H,4,7-8H2,1-3H3. The lowest BCUT2D eigenvalue weighted by Crippen LogP contribution is -2.22. The molecule has 0 aromatic heterocycles. The Morgan fingerprint density at radius 3 is 2.69 bits per heavy atom. The van der Waals surface area contributed by atoms with Crippen LogP contribution >= 0.6 is 0 Å². The highest BCUT2D eigenvalue weighted by molar-refractivity contribution is 5.37. The van der Waals surface area contributed by atoms with Crippen molar-refractivity contribution in [2.24, 2.45) is 0 Å². The van der Waals surface area contributed by atoms with E-state index in [0.29, 0.717) is 0 Å². The van der Waals surface area contributed by atoms with E-state index in [4.69, 9.17) is 9.84 Å². The molecule has 3 heteroatoms. The van der Waals surface area contributed by atoms with Crippen LogP contribution in [0.3, 0.4) is 0 Å². The van der Waals surface area contributed by atoms with Crippen LogP contribution < -0.4 is 10.1 Å². The summed E-state index contributed by atoms with van der Waals surface area (Å²) < 4.78 is 5.23. The Bertz CT molecular complexity index is 320. The van der Waals surface area contributed by atoms with Gasteiger partial charge in [0.15, 0.2) is 0 Å². The van der Waals surface area contributed by atoms with E-state index in [0.717, 1.165) is 24.3 Å². The molecule has 1 atom stereocenters. The number of aliphatic hydroxyl groups is 1. The third-order valence-electron chi connectivity index (χ3n) is 2.69. The van der Waals surface area contributed by atoms with Gasteiger partial charge in [0.2, 0.25) is 0 Å². The zero-order chi connectivity index (χ0) is 12.0. The largest absolute Gasteiger partial charge is 0.496 e. The number of rotatable bonds is 6. The van der Waals surface area contributed by atoms with Crippen LogP contribution in [0.25, 0.3) is 0 Å². The van der Waals surface area contributed by atoms with Crippen LogP contribution in [0.4, 0.5) is 0 Å². The predicted molar refractivity (Wildman–Crippen MR) is 65.9 cm³/mol. The Kier molecular flexibility index (Phi) is 5.29. The van der Waals surface area contributed by atoms with Crippen LogP contribution in [0.1, 0.15) is 30.5 Å². The van der Waals surface area contributed by atoms with Gasteiger partial charge in [0.1, 0.15) is 5.75 Å². The molecule has 16 heavy (non-hydrogen) atoms. The zero-order valence-electron chi connectivity index (χ0n) is 10.3. The number of aliphatic hydroxyl groups excluding tert-OH is 1. The maximum absolute atomic E-state index is 9.03. The predicted octanol–water partition coefficient (Wildman–Crippen LogP) is 2.04. The summed E-state index contributed by atoms with van der Waals surface area (Å²) in [6, 6.07) is 6.36. The van der Waals surface area contributed by atoms with E-state index in [9.17, 15) is 0 Å². The normalized spacial score (nSPS) is 12.5. The number of nitrogens with one attached hydrogen (secondary N) is 1. The Balaban J connectivity index is 2.87. The highest BCUT2D eigenvalue weighted by Crippen LogP contribution is 2.23. The molecule has 0 amide bonds. The van der Waals surface area contributed by atoms with Gasteiger partial charge in [-0.15, -0.1) is 0 Å². The first kappa shape index (κ1) is 13.0. The lowest BCUT2D eigenvalue weighted by Gasteiger charge is -2.18. The molecule has 0 spiro atoms. The number of hydrogen-bond acceptors (Lipinski definition) is 3. The van der Waals surface area contributed by atoms with Gasteiger partial charge >= 0.3 is 0 Å². The molecule has 1 aromatic carbocycles. The van der Waals surface area contributed by atoms with Gasteiger partial charge in [-0.2, -0.15) is 0 Å². The van der Waals surface area contributed by atoms with Crippen molar-refractivity contribution in [1.29, 1.82) is 0 Å². The van der Waals surface area contributed by atoms with Crippen LogP contribution in [0.15, 0.2) is 18.2 Å². The lowest BCUT2D eigenvalue weighted by molar-refractivity contribution is 0.266. The van der Waals surface area contributed by atoms with Crippen molar-refractivity contribution in [2.45, 2.75) is 26.3 Å². The summed E-state index contributed by atoms with van der Waals surface area (Å²) >= 11 is 0. The van der Waals surface area contributed by atoms with Gasteiger partial charge in [-0.3, -0.25) is 0 Å². The number of ether oxygens (including phenoxy) is 1. The molecule has 0 heterocycles. The fourth-order valence-corrected chi connectivity index (χ4v) is 1.88. The lowest BCUT2D eigenvalue weighted by atomic mass is 10.0. The van der Waals surface area contributed by atoms with E-state index < -0.39 is 0 Å². The summed E-state index contributed by atoms with van der Waals surface area (Å²) in [5.41, 5.74) is 2.33. The maximum atomic E-state index is 9.03. The molecule has 0 radical (unpaired) electrons. The molecule has 1 unspecified atom stereocenters. The second-order valence-corrected chi connectivity index (χ2v) is 3.85. The molecular formula is C13H21NO2. The number of methoxy groups -OCH3 is 1.